The molecule has 0 bridgehead atoms. The summed E-state index contributed by atoms with van der Waals surface area (Å²) in [5.41, 5.74) is 0.335. The zero-order chi connectivity index (χ0) is 12.3. The van der Waals surface area contributed by atoms with Crippen LogP contribution in [0.1, 0.15) is 17.4 Å². The van der Waals surface area contributed by atoms with Crippen molar-refractivity contribution in [2.45, 2.75) is 13.0 Å². The molecular formula is C11H12N2O3S. The lowest BCUT2D eigenvalue weighted by atomic mass is 10.4. The topological polar surface area (TPSA) is 75.4 Å². The van der Waals surface area contributed by atoms with Crippen LogP contribution in [0.15, 0.2) is 28.2 Å². The summed E-state index contributed by atoms with van der Waals surface area (Å²) in [6.07, 6.45) is 0.992. The summed E-state index contributed by atoms with van der Waals surface area (Å²) in [4.78, 5) is 15.8. The Labute approximate surface area is 102 Å². The van der Waals surface area contributed by atoms with Crippen LogP contribution in [0.5, 0.6) is 0 Å². The maximum atomic E-state index is 11.6. The molecule has 0 aliphatic carbocycles. The number of hydrogen-bond acceptors (Lipinski definition) is 5. The molecule has 2 aromatic heterocycles. The van der Waals surface area contributed by atoms with Crippen molar-refractivity contribution in [2.24, 2.45) is 0 Å². The van der Waals surface area contributed by atoms with Crippen molar-refractivity contribution in [2.75, 3.05) is 6.54 Å². The van der Waals surface area contributed by atoms with Crippen molar-refractivity contribution < 1.29 is 14.3 Å². The van der Waals surface area contributed by atoms with Gasteiger partial charge in [-0.2, -0.15) is 0 Å². The van der Waals surface area contributed by atoms with Crippen LogP contribution in [0.2, 0.25) is 0 Å². The Morgan fingerprint density at radius 3 is 3.18 bits per heavy atom. The van der Waals surface area contributed by atoms with Gasteiger partial charge >= 0.3 is 0 Å². The normalized spacial score (nSPS) is 12.4. The van der Waals surface area contributed by atoms with E-state index in [1.54, 1.807) is 30.7 Å². The van der Waals surface area contributed by atoms with Gasteiger partial charge in [0.05, 0.1) is 12.4 Å². The summed E-state index contributed by atoms with van der Waals surface area (Å²) >= 11 is 1.34. The molecule has 0 aliphatic rings. The minimum atomic E-state index is -0.567. The van der Waals surface area contributed by atoms with Crippen LogP contribution in [0, 0.1) is 0 Å². The summed E-state index contributed by atoms with van der Waals surface area (Å²) in [6, 6.07) is 3.56. The fraction of sp³-hybridized carbons (Fsp3) is 0.273. The summed E-state index contributed by atoms with van der Waals surface area (Å²) in [5, 5.41) is 14.0. The van der Waals surface area contributed by atoms with Crippen LogP contribution in [-0.2, 0) is 0 Å². The average Bonchev–Trinajstić information content (AvgIpc) is 2.94. The molecule has 0 spiro atoms. The molecule has 0 aromatic carbocycles. The maximum absolute atomic E-state index is 11.6. The van der Waals surface area contributed by atoms with Crippen LogP contribution >= 0.6 is 11.3 Å². The maximum Gasteiger partial charge on any atom is 0.270 e. The first-order chi connectivity index (χ1) is 8.16. The number of aromatic nitrogens is 1. The lowest BCUT2D eigenvalue weighted by molar-refractivity contribution is 0.0920. The van der Waals surface area contributed by atoms with Gasteiger partial charge in [-0.1, -0.05) is 0 Å². The lowest BCUT2D eigenvalue weighted by Gasteiger charge is -2.04. The molecule has 0 radical (unpaired) electrons. The van der Waals surface area contributed by atoms with Gasteiger partial charge in [0, 0.05) is 11.9 Å². The van der Waals surface area contributed by atoms with Crippen molar-refractivity contribution in [3.8, 4) is 10.8 Å². The minimum absolute atomic E-state index is 0.215. The van der Waals surface area contributed by atoms with E-state index in [1.165, 1.54) is 11.3 Å². The van der Waals surface area contributed by atoms with Crippen molar-refractivity contribution >= 4 is 17.2 Å². The third-order valence-electron chi connectivity index (χ3n) is 2.03. The lowest BCUT2D eigenvalue weighted by Crippen LogP contribution is -2.30. The van der Waals surface area contributed by atoms with Gasteiger partial charge in [0.2, 0.25) is 0 Å². The van der Waals surface area contributed by atoms with Crippen molar-refractivity contribution in [1.29, 1.82) is 0 Å². The van der Waals surface area contributed by atoms with Crippen LogP contribution in [0.3, 0.4) is 0 Å². The molecule has 0 fully saturated rings. The molecule has 2 aromatic rings. The molecule has 2 heterocycles. The third kappa shape index (κ3) is 2.92. The zero-order valence-electron chi connectivity index (χ0n) is 9.21. The summed E-state index contributed by atoms with van der Waals surface area (Å²) in [7, 11) is 0. The van der Waals surface area contributed by atoms with E-state index in [-0.39, 0.29) is 12.5 Å². The van der Waals surface area contributed by atoms with Crippen LogP contribution in [0.25, 0.3) is 10.8 Å². The number of carbonyl (C=O) groups excluding carboxylic acids is 1. The molecule has 1 amide bonds. The molecule has 1 atom stereocenters. The van der Waals surface area contributed by atoms with Gasteiger partial charge < -0.3 is 14.8 Å². The first kappa shape index (κ1) is 11.8. The molecule has 2 rings (SSSR count). The Morgan fingerprint density at radius 2 is 2.53 bits per heavy atom. The fourth-order valence-electron chi connectivity index (χ4n) is 1.22. The van der Waals surface area contributed by atoms with Gasteiger partial charge in [0.15, 0.2) is 10.8 Å². The van der Waals surface area contributed by atoms with E-state index in [2.05, 4.69) is 10.3 Å². The summed E-state index contributed by atoms with van der Waals surface area (Å²) < 4.78 is 5.19. The Balaban J connectivity index is 2.05. The number of nitrogens with zero attached hydrogens (tertiary/aromatic N) is 1. The molecule has 17 heavy (non-hydrogen) atoms. The number of thiazole rings is 1. The summed E-state index contributed by atoms with van der Waals surface area (Å²) in [5.74, 6) is 0.351. The quantitative estimate of drug-likeness (QED) is 0.865. The van der Waals surface area contributed by atoms with Crippen molar-refractivity contribution in [1.82, 2.24) is 10.3 Å². The second-order valence-corrected chi connectivity index (χ2v) is 4.43. The van der Waals surface area contributed by atoms with Gasteiger partial charge in [-0.15, -0.1) is 11.3 Å². The Bertz CT molecular complexity index is 491. The van der Waals surface area contributed by atoms with E-state index in [0.717, 1.165) is 0 Å². The first-order valence-corrected chi connectivity index (χ1v) is 6.00. The Hall–Kier alpha value is -1.66. The minimum Gasteiger partial charge on any atom is -0.462 e. The molecule has 2 N–H and O–H groups in total. The molecule has 0 aliphatic heterocycles. The van der Waals surface area contributed by atoms with Crippen LogP contribution < -0.4 is 5.32 Å². The SMILES string of the molecule is CC(O)CNC(=O)c1csc(-c2ccco2)n1. The number of carbonyl (C=O) groups is 1. The molecule has 6 heteroatoms. The van der Waals surface area contributed by atoms with Gasteiger partial charge in [-0.25, -0.2) is 4.98 Å². The summed E-state index contributed by atoms with van der Waals surface area (Å²) in [6.45, 7) is 1.82. The van der Waals surface area contributed by atoms with Gasteiger partial charge in [-0.05, 0) is 19.1 Å². The molecular weight excluding hydrogens is 240 g/mol. The predicted molar refractivity (Wildman–Crippen MR) is 63.8 cm³/mol. The Morgan fingerprint density at radius 1 is 1.71 bits per heavy atom. The van der Waals surface area contributed by atoms with Crippen LogP contribution in [-0.4, -0.2) is 28.6 Å². The largest absolute Gasteiger partial charge is 0.462 e. The number of rotatable bonds is 4. The van der Waals surface area contributed by atoms with E-state index in [1.807, 2.05) is 0 Å². The second-order valence-electron chi connectivity index (χ2n) is 3.57. The number of nitrogens with one attached hydrogen (secondary N) is 1. The van der Waals surface area contributed by atoms with Crippen molar-refractivity contribution in [3.63, 3.8) is 0 Å². The number of aliphatic hydroxyl groups excluding tert-OH is 1. The standard InChI is InChI=1S/C11H12N2O3S/c1-7(14)5-12-10(15)8-6-17-11(13-8)9-3-2-4-16-9/h2-4,6-7,14H,5H2,1H3,(H,12,15). The average molecular weight is 252 g/mol. The molecule has 0 saturated carbocycles. The molecule has 1 unspecified atom stereocenters. The Kier molecular flexibility index (Phi) is 3.55. The highest BCUT2D eigenvalue weighted by molar-refractivity contribution is 7.13. The third-order valence-corrected chi connectivity index (χ3v) is 2.88. The smallest absolute Gasteiger partial charge is 0.270 e. The highest BCUT2D eigenvalue weighted by Crippen LogP contribution is 2.23. The zero-order valence-corrected chi connectivity index (χ0v) is 10.0. The van der Waals surface area contributed by atoms with E-state index in [9.17, 15) is 4.79 Å². The predicted octanol–water partition coefficient (Wildman–Crippen LogP) is 1.51. The van der Waals surface area contributed by atoms with Gasteiger partial charge in [-0.3, -0.25) is 4.79 Å². The van der Waals surface area contributed by atoms with Crippen molar-refractivity contribution in [3.05, 3.63) is 29.5 Å². The van der Waals surface area contributed by atoms with Crippen LogP contribution in [0.4, 0.5) is 0 Å². The number of aliphatic hydroxyl groups is 1. The monoisotopic (exact) mass is 252 g/mol. The highest BCUT2D eigenvalue weighted by atomic mass is 32.1. The molecule has 5 nitrogen and oxygen atoms in total. The number of amides is 1. The highest BCUT2D eigenvalue weighted by Gasteiger charge is 2.13. The van der Waals surface area contributed by atoms with E-state index < -0.39 is 6.10 Å². The number of furan rings is 1. The fourth-order valence-corrected chi connectivity index (χ4v) is 1.99. The first-order valence-electron chi connectivity index (χ1n) is 5.12. The van der Waals surface area contributed by atoms with E-state index in [4.69, 9.17) is 9.52 Å². The molecule has 90 valence electrons. The van der Waals surface area contributed by atoms with Gasteiger partial charge in [0.25, 0.3) is 5.91 Å². The second kappa shape index (κ2) is 5.11. The van der Waals surface area contributed by atoms with Gasteiger partial charge in [0.1, 0.15) is 5.69 Å². The number of hydrogen-bond donors (Lipinski definition) is 2. The van der Waals surface area contributed by atoms with E-state index in [0.29, 0.717) is 16.5 Å². The molecule has 0 saturated heterocycles. The van der Waals surface area contributed by atoms with E-state index >= 15 is 0 Å².